The van der Waals surface area contributed by atoms with Gasteiger partial charge in [0.05, 0.1) is 0 Å². The molecule has 0 radical (unpaired) electrons. The summed E-state index contributed by atoms with van der Waals surface area (Å²) < 4.78 is 32.4. The molecular formula is C36H35F2N3O3. The number of alkyl halides is 2. The topological polar surface area (TPSA) is 78.5 Å². The minimum Gasteiger partial charge on any atom is -0.348 e. The number of nitrogens with one attached hydrogen (secondary N) is 2. The maximum atomic E-state index is 16.2. The fourth-order valence-electron chi connectivity index (χ4n) is 5.65. The zero-order valence-electron chi connectivity index (χ0n) is 24.2. The van der Waals surface area contributed by atoms with E-state index in [9.17, 15) is 14.4 Å². The lowest BCUT2D eigenvalue weighted by Gasteiger charge is -2.35. The molecule has 1 aliphatic rings. The predicted molar refractivity (Wildman–Crippen MR) is 166 cm³/mol. The van der Waals surface area contributed by atoms with Gasteiger partial charge in [-0.25, -0.2) is 0 Å². The molecule has 5 rings (SSSR count). The number of carbonyl (C=O) groups is 3. The predicted octanol–water partition coefficient (Wildman–Crippen LogP) is 7.02. The first kappa shape index (κ1) is 30.6. The Morgan fingerprint density at radius 1 is 0.682 bits per heavy atom. The summed E-state index contributed by atoms with van der Waals surface area (Å²) in [5, 5.41) is 5.03. The van der Waals surface area contributed by atoms with Crippen LogP contribution in [-0.2, 0) is 9.59 Å². The smallest absolute Gasteiger partial charge is 0.348 e. The Balaban J connectivity index is 1.55. The largest absolute Gasteiger partial charge is 0.348 e. The maximum Gasteiger partial charge on any atom is 0.348 e. The first-order chi connectivity index (χ1) is 21.4. The number of rotatable bonds is 10. The van der Waals surface area contributed by atoms with Crippen molar-refractivity contribution in [3.05, 3.63) is 138 Å². The van der Waals surface area contributed by atoms with Gasteiger partial charge in [-0.2, -0.15) is 8.78 Å². The zero-order chi connectivity index (χ0) is 30.9. The normalized spacial score (nSPS) is 15.0. The minimum absolute atomic E-state index is 0.0668. The van der Waals surface area contributed by atoms with Crippen molar-refractivity contribution < 1.29 is 23.2 Å². The molecule has 8 heteroatoms. The van der Waals surface area contributed by atoms with Crippen LogP contribution in [0, 0.1) is 0 Å². The van der Waals surface area contributed by atoms with Gasteiger partial charge in [-0.05, 0) is 48.2 Å². The maximum absolute atomic E-state index is 16.2. The lowest BCUT2D eigenvalue weighted by atomic mass is 9.94. The fourth-order valence-corrected chi connectivity index (χ4v) is 5.65. The Morgan fingerprint density at radius 2 is 1.18 bits per heavy atom. The molecule has 0 saturated heterocycles. The summed E-state index contributed by atoms with van der Waals surface area (Å²) >= 11 is 0. The molecule has 0 spiro atoms. The summed E-state index contributed by atoms with van der Waals surface area (Å²) in [5.41, 5.74) is 1.21. The molecule has 2 atom stereocenters. The number of hydrogen-bond acceptors (Lipinski definition) is 3. The Bertz CT molecular complexity index is 1530. The van der Waals surface area contributed by atoms with Crippen LogP contribution in [0.2, 0.25) is 0 Å². The Labute approximate surface area is 256 Å². The van der Waals surface area contributed by atoms with Crippen LogP contribution in [0.3, 0.4) is 0 Å². The van der Waals surface area contributed by atoms with Gasteiger partial charge in [0.1, 0.15) is 12.1 Å². The van der Waals surface area contributed by atoms with E-state index < -0.39 is 35.7 Å². The molecule has 2 N–H and O–H groups in total. The van der Waals surface area contributed by atoms with Crippen LogP contribution < -0.4 is 15.5 Å². The van der Waals surface area contributed by atoms with Crippen LogP contribution in [0.5, 0.6) is 0 Å². The Morgan fingerprint density at radius 3 is 1.75 bits per heavy atom. The zero-order valence-corrected chi connectivity index (χ0v) is 24.2. The number of hydrogen-bond donors (Lipinski definition) is 2. The van der Waals surface area contributed by atoms with Gasteiger partial charge in [-0.15, -0.1) is 0 Å². The van der Waals surface area contributed by atoms with Crippen molar-refractivity contribution in [2.24, 2.45) is 0 Å². The van der Waals surface area contributed by atoms with Crippen LogP contribution in [0.1, 0.15) is 65.7 Å². The third-order valence-corrected chi connectivity index (χ3v) is 7.92. The van der Waals surface area contributed by atoms with E-state index in [-0.39, 0.29) is 11.6 Å². The molecule has 2 unspecified atom stereocenters. The lowest BCUT2D eigenvalue weighted by molar-refractivity contribution is -0.153. The summed E-state index contributed by atoms with van der Waals surface area (Å²) in [5.74, 6) is -6.77. The molecule has 1 aliphatic carbocycles. The quantitative estimate of drug-likeness (QED) is 0.207. The van der Waals surface area contributed by atoms with E-state index in [2.05, 4.69) is 10.6 Å². The second-order valence-corrected chi connectivity index (χ2v) is 11.0. The van der Waals surface area contributed by atoms with Gasteiger partial charge < -0.3 is 10.6 Å². The van der Waals surface area contributed by atoms with Crippen molar-refractivity contribution >= 4 is 23.4 Å². The highest BCUT2D eigenvalue weighted by Gasteiger charge is 2.50. The monoisotopic (exact) mass is 595 g/mol. The molecule has 1 saturated carbocycles. The van der Waals surface area contributed by atoms with Crippen LogP contribution in [-0.4, -0.2) is 29.7 Å². The van der Waals surface area contributed by atoms with Gasteiger partial charge >= 0.3 is 5.92 Å². The summed E-state index contributed by atoms with van der Waals surface area (Å²) in [6.07, 6.45) is 3.99. The second-order valence-electron chi connectivity index (χ2n) is 11.0. The van der Waals surface area contributed by atoms with Gasteiger partial charge in [0, 0.05) is 17.3 Å². The number of halogens is 2. The summed E-state index contributed by atoms with van der Waals surface area (Å²) in [7, 11) is 0. The third-order valence-electron chi connectivity index (χ3n) is 7.92. The van der Waals surface area contributed by atoms with Crippen LogP contribution in [0.25, 0.3) is 0 Å². The van der Waals surface area contributed by atoms with Crippen molar-refractivity contribution in [1.29, 1.82) is 0 Å². The van der Waals surface area contributed by atoms with Crippen LogP contribution in [0.15, 0.2) is 121 Å². The van der Waals surface area contributed by atoms with Crippen LogP contribution in [0.4, 0.5) is 14.5 Å². The molecule has 0 bridgehead atoms. The Hall–Kier alpha value is -4.85. The van der Waals surface area contributed by atoms with E-state index in [4.69, 9.17) is 0 Å². The Kier molecular flexibility index (Phi) is 9.79. The molecule has 4 aromatic rings. The molecule has 226 valence electrons. The molecule has 6 nitrogen and oxygen atoms in total. The van der Waals surface area contributed by atoms with Gasteiger partial charge in [0.15, 0.2) is 0 Å². The number of amides is 3. The van der Waals surface area contributed by atoms with Gasteiger partial charge in [0.2, 0.25) is 5.91 Å². The van der Waals surface area contributed by atoms with Crippen molar-refractivity contribution in [3.63, 3.8) is 0 Å². The number of benzene rings is 4. The highest BCUT2D eigenvalue weighted by molar-refractivity contribution is 6.10. The van der Waals surface area contributed by atoms with Crippen molar-refractivity contribution in [2.75, 3.05) is 4.90 Å². The first-order valence-electron chi connectivity index (χ1n) is 14.9. The van der Waals surface area contributed by atoms with E-state index in [0.29, 0.717) is 29.7 Å². The average molecular weight is 596 g/mol. The standard InChI is InChI=1S/C36H35F2N3O3/c37-36(38,35(44)39-29-22-12-4-13-23-29)32(27-18-8-2-9-19-27)40-33(42)31(26-16-6-1-7-17-26)41(30-24-14-5-15-25-30)34(43)28-20-10-3-11-21-28/h1-3,5-11,14-21,24-25,29,31-32H,4,12-13,22-23H2,(H,39,44)(H,40,42). The van der Waals surface area contributed by atoms with Gasteiger partial charge in [-0.1, -0.05) is 116 Å². The van der Waals surface area contributed by atoms with E-state index in [1.165, 1.54) is 17.0 Å². The van der Waals surface area contributed by atoms with Crippen LogP contribution >= 0.6 is 0 Å². The van der Waals surface area contributed by atoms with Crippen molar-refractivity contribution in [2.45, 2.75) is 56.2 Å². The molecule has 0 aliphatic heterocycles. The lowest BCUT2D eigenvalue weighted by Crippen LogP contribution is -2.54. The SMILES string of the molecule is O=C(NC(c1ccccc1)C(F)(F)C(=O)NC1CCCCC1)C(c1ccccc1)N(C(=O)c1ccccc1)c1ccccc1. The molecule has 1 fully saturated rings. The molecule has 0 aromatic heterocycles. The summed E-state index contributed by atoms with van der Waals surface area (Å²) in [6, 6.07) is 29.7. The van der Waals surface area contributed by atoms with E-state index >= 15 is 8.78 Å². The first-order valence-corrected chi connectivity index (χ1v) is 14.9. The molecule has 4 aromatic carbocycles. The van der Waals surface area contributed by atoms with Gasteiger partial charge in [0.25, 0.3) is 11.8 Å². The van der Waals surface area contributed by atoms with Gasteiger partial charge in [-0.3, -0.25) is 19.3 Å². The minimum atomic E-state index is -3.99. The molecular weight excluding hydrogens is 560 g/mol. The molecule has 3 amide bonds. The van der Waals surface area contributed by atoms with E-state index in [1.807, 2.05) is 0 Å². The number of carbonyl (C=O) groups excluding carboxylic acids is 3. The van der Waals surface area contributed by atoms with Crippen molar-refractivity contribution in [1.82, 2.24) is 10.6 Å². The van der Waals surface area contributed by atoms with E-state index in [0.717, 1.165) is 19.3 Å². The molecule has 44 heavy (non-hydrogen) atoms. The highest BCUT2D eigenvalue weighted by Crippen LogP contribution is 2.35. The number of anilines is 1. The third kappa shape index (κ3) is 7.02. The highest BCUT2D eigenvalue weighted by atomic mass is 19.3. The number of nitrogens with zero attached hydrogens (tertiary/aromatic N) is 1. The second kappa shape index (κ2) is 14.1. The summed E-state index contributed by atoms with van der Waals surface area (Å²) in [4.78, 5) is 42.9. The molecule has 0 heterocycles. The van der Waals surface area contributed by atoms with E-state index in [1.54, 1.807) is 109 Å². The fraction of sp³-hybridized carbons (Fsp3) is 0.250. The van der Waals surface area contributed by atoms with Crippen molar-refractivity contribution in [3.8, 4) is 0 Å². The average Bonchev–Trinajstić information content (AvgIpc) is 3.07. The summed E-state index contributed by atoms with van der Waals surface area (Å²) in [6.45, 7) is 0. The number of para-hydroxylation sites is 1.